The molecule has 4 heteroatoms. The third-order valence-corrected chi connectivity index (χ3v) is 2.88. The van der Waals surface area contributed by atoms with Crippen LogP contribution in [0, 0.1) is 0 Å². The smallest absolute Gasteiger partial charge is 0.338 e. The molecule has 0 aromatic heterocycles. The van der Waals surface area contributed by atoms with Gasteiger partial charge in [-0.2, -0.15) is 0 Å². The summed E-state index contributed by atoms with van der Waals surface area (Å²) in [5.74, 6) is -0.304. The Kier molecular flexibility index (Phi) is 6.97. The minimum Gasteiger partial charge on any atom is -0.460 e. The number of unbranched alkanes of at least 4 members (excludes halogenated alkanes) is 2. The van der Waals surface area contributed by atoms with Crippen LogP contribution in [0.5, 0.6) is 0 Å². The molecule has 0 saturated carbocycles. The Morgan fingerprint density at radius 2 is 2.00 bits per heavy atom. The SMILES string of the molecule is CCCCCN[C@H](C)COC(=O)c1ccc(N)cc1. The van der Waals surface area contributed by atoms with E-state index in [4.69, 9.17) is 10.5 Å². The number of hydrogen-bond acceptors (Lipinski definition) is 4. The van der Waals surface area contributed by atoms with E-state index < -0.39 is 0 Å². The van der Waals surface area contributed by atoms with Crippen molar-refractivity contribution < 1.29 is 9.53 Å². The average molecular weight is 264 g/mol. The number of benzene rings is 1. The second kappa shape index (κ2) is 8.53. The van der Waals surface area contributed by atoms with Crippen LogP contribution < -0.4 is 11.1 Å². The molecule has 1 aromatic carbocycles. The lowest BCUT2D eigenvalue weighted by Crippen LogP contribution is -2.32. The number of nitrogen functional groups attached to an aromatic ring is 1. The highest BCUT2D eigenvalue weighted by Crippen LogP contribution is 2.07. The Labute approximate surface area is 115 Å². The molecular weight excluding hydrogens is 240 g/mol. The van der Waals surface area contributed by atoms with E-state index in [2.05, 4.69) is 12.2 Å². The summed E-state index contributed by atoms with van der Waals surface area (Å²) in [5, 5.41) is 3.34. The lowest BCUT2D eigenvalue weighted by atomic mass is 10.2. The summed E-state index contributed by atoms with van der Waals surface area (Å²) < 4.78 is 5.24. The average Bonchev–Trinajstić information content (AvgIpc) is 2.42. The fourth-order valence-electron chi connectivity index (χ4n) is 1.69. The van der Waals surface area contributed by atoms with Gasteiger partial charge in [0.2, 0.25) is 0 Å². The Bertz CT molecular complexity index is 376. The van der Waals surface area contributed by atoms with Gasteiger partial charge in [-0.3, -0.25) is 0 Å². The van der Waals surface area contributed by atoms with Crippen LogP contribution in [-0.4, -0.2) is 25.2 Å². The van der Waals surface area contributed by atoms with E-state index in [1.165, 1.54) is 12.8 Å². The lowest BCUT2D eigenvalue weighted by molar-refractivity contribution is 0.0472. The molecule has 0 radical (unpaired) electrons. The first-order valence-corrected chi connectivity index (χ1v) is 6.89. The van der Waals surface area contributed by atoms with Crippen LogP contribution in [0.3, 0.4) is 0 Å². The standard InChI is InChI=1S/C15H24N2O2/c1-3-4-5-10-17-12(2)11-19-15(18)13-6-8-14(16)9-7-13/h6-9,12,17H,3-5,10-11,16H2,1-2H3/t12-/m1/s1. The summed E-state index contributed by atoms with van der Waals surface area (Å²) in [4.78, 5) is 11.7. The summed E-state index contributed by atoms with van der Waals surface area (Å²) in [6, 6.07) is 6.93. The molecular formula is C15H24N2O2. The minimum atomic E-state index is -0.304. The third-order valence-electron chi connectivity index (χ3n) is 2.88. The molecule has 0 aliphatic carbocycles. The van der Waals surface area contributed by atoms with Crippen LogP contribution in [0.25, 0.3) is 0 Å². The van der Waals surface area contributed by atoms with Crippen molar-refractivity contribution in [3.8, 4) is 0 Å². The maximum absolute atomic E-state index is 11.7. The third kappa shape index (κ3) is 6.25. The Morgan fingerprint density at radius 3 is 2.63 bits per heavy atom. The van der Waals surface area contributed by atoms with E-state index >= 15 is 0 Å². The zero-order valence-electron chi connectivity index (χ0n) is 11.8. The molecule has 0 fully saturated rings. The number of rotatable bonds is 8. The van der Waals surface area contributed by atoms with E-state index in [0.29, 0.717) is 17.9 Å². The van der Waals surface area contributed by atoms with E-state index in [0.717, 1.165) is 13.0 Å². The van der Waals surface area contributed by atoms with Gasteiger partial charge in [0.05, 0.1) is 5.56 Å². The number of carbonyl (C=O) groups excluding carboxylic acids is 1. The van der Waals surface area contributed by atoms with Gasteiger partial charge in [0, 0.05) is 11.7 Å². The first-order valence-electron chi connectivity index (χ1n) is 6.89. The largest absolute Gasteiger partial charge is 0.460 e. The summed E-state index contributed by atoms with van der Waals surface area (Å²) in [5.41, 5.74) is 6.74. The van der Waals surface area contributed by atoms with Crippen molar-refractivity contribution in [3.05, 3.63) is 29.8 Å². The van der Waals surface area contributed by atoms with Crippen molar-refractivity contribution in [1.82, 2.24) is 5.32 Å². The van der Waals surface area contributed by atoms with Gasteiger partial charge in [-0.1, -0.05) is 19.8 Å². The molecule has 0 heterocycles. The maximum Gasteiger partial charge on any atom is 0.338 e. The summed E-state index contributed by atoms with van der Waals surface area (Å²) in [7, 11) is 0. The van der Waals surface area contributed by atoms with Gasteiger partial charge >= 0.3 is 5.97 Å². The van der Waals surface area contributed by atoms with Crippen molar-refractivity contribution >= 4 is 11.7 Å². The Hall–Kier alpha value is -1.55. The molecule has 0 bridgehead atoms. The number of hydrogen-bond donors (Lipinski definition) is 2. The number of nitrogens with one attached hydrogen (secondary N) is 1. The van der Waals surface area contributed by atoms with E-state index in [1.54, 1.807) is 24.3 Å². The molecule has 0 aliphatic heterocycles. The zero-order valence-corrected chi connectivity index (χ0v) is 11.8. The van der Waals surface area contributed by atoms with Crippen molar-refractivity contribution in [2.24, 2.45) is 0 Å². The van der Waals surface area contributed by atoms with E-state index in [9.17, 15) is 4.79 Å². The quantitative estimate of drug-likeness (QED) is 0.430. The molecule has 1 atom stereocenters. The van der Waals surface area contributed by atoms with Gasteiger partial charge in [-0.15, -0.1) is 0 Å². The second-order valence-corrected chi connectivity index (χ2v) is 4.78. The minimum absolute atomic E-state index is 0.176. The van der Waals surface area contributed by atoms with Crippen LogP contribution in [0.4, 0.5) is 5.69 Å². The number of esters is 1. The molecule has 0 amide bonds. The number of ether oxygens (including phenoxy) is 1. The van der Waals surface area contributed by atoms with Crippen molar-refractivity contribution in [2.45, 2.75) is 39.2 Å². The fraction of sp³-hybridized carbons (Fsp3) is 0.533. The second-order valence-electron chi connectivity index (χ2n) is 4.78. The molecule has 0 saturated heterocycles. The van der Waals surface area contributed by atoms with Gasteiger partial charge in [0.25, 0.3) is 0 Å². The van der Waals surface area contributed by atoms with E-state index in [-0.39, 0.29) is 12.0 Å². The summed E-state index contributed by atoms with van der Waals surface area (Å²) in [6.45, 7) is 5.55. The van der Waals surface area contributed by atoms with Gasteiger partial charge in [0.15, 0.2) is 0 Å². The molecule has 4 nitrogen and oxygen atoms in total. The van der Waals surface area contributed by atoms with Crippen molar-refractivity contribution in [3.63, 3.8) is 0 Å². The molecule has 19 heavy (non-hydrogen) atoms. The highest BCUT2D eigenvalue weighted by Gasteiger charge is 2.09. The molecule has 1 aromatic rings. The normalized spacial score (nSPS) is 12.1. The first kappa shape index (κ1) is 15.5. The first-order chi connectivity index (χ1) is 9.13. The monoisotopic (exact) mass is 264 g/mol. The molecule has 0 aliphatic rings. The molecule has 1 rings (SSSR count). The highest BCUT2D eigenvalue weighted by atomic mass is 16.5. The topological polar surface area (TPSA) is 64.3 Å². The van der Waals surface area contributed by atoms with Crippen LogP contribution in [0.15, 0.2) is 24.3 Å². The van der Waals surface area contributed by atoms with Crippen LogP contribution in [0.1, 0.15) is 43.5 Å². The molecule has 0 unspecified atom stereocenters. The zero-order chi connectivity index (χ0) is 14.1. The Balaban J connectivity index is 2.24. The fourth-order valence-corrected chi connectivity index (χ4v) is 1.69. The van der Waals surface area contributed by atoms with Crippen LogP contribution in [0.2, 0.25) is 0 Å². The molecule has 3 N–H and O–H groups in total. The van der Waals surface area contributed by atoms with Gasteiger partial charge < -0.3 is 15.8 Å². The molecule has 106 valence electrons. The predicted molar refractivity (Wildman–Crippen MR) is 78.1 cm³/mol. The Morgan fingerprint density at radius 1 is 1.32 bits per heavy atom. The van der Waals surface area contributed by atoms with Crippen LogP contribution >= 0.6 is 0 Å². The number of anilines is 1. The number of carbonyl (C=O) groups is 1. The van der Waals surface area contributed by atoms with Gasteiger partial charge in [-0.25, -0.2) is 4.79 Å². The van der Waals surface area contributed by atoms with Crippen LogP contribution in [-0.2, 0) is 4.74 Å². The highest BCUT2D eigenvalue weighted by molar-refractivity contribution is 5.89. The maximum atomic E-state index is 11.7. The summed E-state index contributed by atoms with van der Waals surface area (Å²) in [6.07, 6.45) is 3.60. The molecule has 0 spiro atoms. The van der Waals surface area contributed by atoms with Gasteiger partial charge in [0.1, 0.15) is 6.61 Å². The van der Waals surface area contributed by atoms with Gasteiger partial charge in [-0.05, 0) is 44.2 Å². The lowest BCUT2D eigenvalue weighted by Gasteiger charge is -2.14. The predicted octanol–water partition coefficient (Wildman–Crippen LogP) is 2.59. The van der Waals surface area contributed by atoms with E-state index in [1.807, 2.05) is 6.92 Å². The van der Waals surface area contributed by atoms with Crippen molar-refractivity contribution in [2.75, 3.05) is 18.9 Å². The van der Waals surface area contributed by atoms with Crippen molar-refractivity contribution in [1.29, 1.82) is 0 Å². The number of nitrogens with two attached hydrogens (primary N) is 1. The summed E-state index contributed by atoms with van der Waals surface area (Å²) >= 11 is 0.